The molecule has 0 bridgehead atoms. The van der Waals surface area contributed by atoms with Gasteiger partial charge in [-0.3, -0.25) is 9.69 Å². The van der Waals surface area contributed by atoms with Gasteiger partial charge in [0.2, 0.25) is 5.91 Å². The number of hydrogen-bond donors (Lipinski definition) is 1. The van der Waals surface area contributed by atoms with Gasteiger partial charge >= 0.3 is 6.09 Å². The summed E-state index contributed by atoms with van der Waals surface area (Å²) in [5.74, 6) is 1.48. The number of ether oxygens (including phenoxy) is 2. The number of benzene rings is 1. The first-order valence-electron chi connectivity index (χ1n) is 9.03. The van der Waals surface area contributed by atoms with Crippen LogP contribution in [0.3, 0.4) is 0 Å². The Morgan fingerprint density at radius 1 is 1.44 bits per heavy atom. The summed E-state index contributed by atoms with van der Waals surface area (Å²) in [6.07, 6.45) is 1.90. The van der Waals surface area contributed by atoms with Crippen LogP contribution in [0.4, 0.5) is 10.6 Å². The Labute approximate surface area is 156 Å². The standard InChI is InChI=1S/C19H22N4O4/c1-11(17(20)24)7-13-3-4-14-15(8-13)26-6-5-22-10-16(21-18(14)22)23-9-12(2)27-19(23)25/h3-4,8,10-12H,5-7,9H2,1-2H3,(H2,20,24)/t11-,12+/m1/s1. The van der Waals surface area contributed by atoms with Gasteiger partial charge in [-0.25, -0.2) is 9.78 Å². The number of rotatable bonds is 4. The highest BCUT2D eigenvalue weighted by Gasteiger charge is 2.32. The molecule has 2 aliphatic rings. The van der Waals surface area contributed by atoms with E-state index in [1.165, 1.54) is 0 Å². The number of cyclic esters (lactones) is 1. The van der Waals surface area contributed by atoms with Crippen LogP contribution >= 0.6 is 0 Å². The molecule has 1 aromatic carbocycles. The normalized spacial score (nSPS) is 19.6. The van der Waals surface area contributed by atoms with E-state index in [4.69, 9.17) is 15.2 Å². The summed E-state index contributed by atoms with van der Waals surface area (Å²) in [6, 6.07) is 5.83. The van der Waals surface area contributed by atoms with Crippen LogP contribution in [-0.4, -0.2) is 40.8 Å². The highest BCUT2D eigenvalue weighted by Crippen LogP contribution is 2.35. The molecule has 4 rings (SSSR count). The quantitative estimate of drug-likeness (QED) is 0.887. The second-order valence-corrected chi connectivity index (χ2v) is 7.11. The smallest absolute Gasteiger partial charge is 0.415 e. The maximum absolute atomic E-state index is 12.0. The van der Waals surface area contributed by atoms with E-state index in [-0.39, 0.29) is 24.0 Å². The van der Waals surface area contributed by atoms with Gasteiger partial charge < -0.3 is 19.8 Å². The first-order chi connectivity index (χ1) is 12.9. The molecule has 1 saturated heterocycles. The monoisotopic (exact) mass is 370 g/mol. The van der Waals surface area contributed by atoms with E-state index < -0.39 is 0 Å². The lowest BCUT2D eigenvalue weighted by Crippen LogP contribution is -2.24. The third kappa shape index (κ3) is 3.22. The van der Waals surface area contributed by atoms with E-state index in [0.29, 0.717) is 31.9 Å². The van der Waals surface area contributed by atoms with E-state index in [1.54, 1.807) is 4.90 Å². The Balaban J connectivity index is 1.67. The number of imidazole rings is 1. The fourth-order valence-corrected chi connectivity index (χ4v) is 3.42. The van der Waals surface area contributed by atoms with Crippen molar-refractivity contribution in [3.63, 3.8) is 0 Å². The highest BCUT2D eigenvalue weighted by atomic mass is 16.6. The van der Waals surface area contributed by atoms with Crippen molar-refractivity contribution in [2.75, 3.05) is 18.1 Å². The number of carbonyl (C=O) groups excluding carboxylic acids is 2. The van der Waals surface area contributed by atoms with Gasteiger partial charge in [-0.05, 0) is 31.0 Å². The van der Waals surface area contributed by atoms with Crippen molar-refractivity contribution < 1.29 is 19.1 Å². The second-order valence-electron chi connectivity index (χ2n) is 7.11. The van der Waals surface area contributed by atoms with Crippen molar-refractivity contribution in [1.29, 1.82) is 0 Å². The number of primary amides is 1. The zero-order valence-corrected chi connectivity index (χ0v) is 15.3. The molecule has 8 nitrogen and oxygen atoms in total. The van der Waals surface area contributed by atoms with Crippen LogP contribution in [0.25, 0.3) is 11.4 Å². The average molecular weight is 370 g/mol. The molecule has 0 saturated carbocycles. The topological polar surface area (TPSA) is 99.7 Å². The third-order valence-electron chi connectivity index (χ3n) is 4.91. The Bertz CT molecular complexity index is 907. The van der Waals surface area contributed by atoms with Gasteiger partial charge in [0.15, 0.2) is 5.82 Å². The van der Waals surface area contributed by atoms with Gasteiger partial charge in [0, 0.05) is 12.1 Å². The maximum atomic E-state index is 12.0. The number of hydrogen-bond acceptors (Lipinski definition) is 5. The van der Waals surface area contributed by atoms with Crippen LogP contribution in [0, 0.1) is 5.92 Å². The highest BCUT2D eigenvalue weighted by molar-refractivity contribution is 5.89. The largest absolute Gasteiger partial charge is 0.491 e. The maximum Gasteiger partial charge on any atom is 0.415 e. The zero-order chi connectivity index (χ0) is 19.1. The van der Waals surface area contributed by atoms with Crippen molar-refractivity contribution in [3.05, 3.63) is 30.0 Å². The lowest BCUT2D eigenvalue weighted by Gasteiger charge is -2.12. The molecule has 0 aliphatic carbocycles. The summed E-state index contributed by atoms with van der Waals surface area (Å²) in [5.41, 5.74) is 7.21. The lowest BCUT2D eigenvalue weighted by atomic mass is 9.99. The fourth-order valence-electron chi connectivity index (χ4n) is 3.42. The van der Waals surface area contributed by atoms with Gasteiger partial charge in [-0.1, -0.05) is 13.0 Å². The van der Waals surface area contributed by atoms with Crippen LogP contribution < -0.4 is 15.4 Å². The second kappa shape index (κ2) is 6.61. The van der Waals surface area contributed by atoms with Crippen molar-refractivity contribution in [1.82, 2.24) is 9.55 Å². The summed E-state index contributed by atoms with van der Waals surface area (Å²) in [5, 5.41) is 0. The Morgan fingerprint density at radius 3 is 2.96 bits per heavy atom. The molecule has 0 spiro atoms. The van der Waals surface area contributed by atoms with Crippen molar-refractivity contribution >= 4 is 17.8 Å². The number of nitrogens with zero attached hydrogens (tertiary/aromatic N) is 3. The van der Waals surface area contributed by atoms with Crippen molar-refractivity contribution in [2.45, 2.75) is 32.9 Å². The van der Waals surface area contributed by atoms with E-state index in [1.807, 2.05) is 42.8 Å². The van der Waals surface area contributed by atoms with E-state index >= 15 is 0 Å². The molecule has 2 amide bonds. The fraction of sp³-hybridized carbons (Fsp3) is 0.421. The molecule has 1 fully saturated rings. The van der Waals surface area contributed by atoms with Gasteiger partial charge in [-0.15, -0.1) is 0 Å². The molecule has 2 N–H and O–H groups in total. The van der Waals surface area contributed by atoms with E-state index in [0.717, 1.165) is 22.7 Å². The van der Waals surface area contributed by atoms with Crippen LogP contribution in [0.5, 0.6) is 5.75 Å². The SMILES string of the molecule is C[C@H](Cc1ccc2c(c1)OCCn1cc(N3C[C@H](C)OC3=O)nc1-2)C(N)=O. The van der Waals surface area contributed by atoms with Crippen LogP contribution in [-0.2, 0) is 22.5 Å². The molecule has 0 radical (unpaired) electrons. The third-order valence-corrected chi connectivity index (χ3v) is 4.91. The number of anilines is 1. The number of amides is 2. The van der Waals surface area contributed by atoms with Gasteiger partial charge in [-0.2, -0.15) is 0 Å². The van der Waals surface area contributed by atoms with Crippen LogP contribution in [0.1, 0.15) is 19.4 Å². The first kappa shape index (κ1) is 17.4. The number of fused-ring (bicyclic) bond motifs is 3. The minimum Gasteiger partial charge on any atom is -0.491 e. The average Bonchev–Trinajstić information content (AvgIpc) is 3.13. The number of aromatic nitrogens is 2. The van der Waals surface area contributed by atoms with Gasteiger partial charge in [0.25, 0.3) is 0 Å². The molecular weight excluding hydrogens is 348 g/mol. The summed E-state index contributed by atoms with van der Waals surface area (Å²) < 4.78 is 13.1. The Hall–Kier alpha value is -3.03. The summed E-state index contributed by atoms with van der Waals surface area (Å²) in [7, 11) is 0. The Morgan fingerprint density at radius 2 is 2.26 bits per heavy atom. The minimum absolute atomic E-state index is 0.149. The van der Waals surface area contributed by atoms with Gasteiger partial charge in [0.05, 0.1) is 18.7 Å². The first-order valence-corrected chi connectivity index (χ1v) is 9.03. The molecule has 142 valence electrons. The van der Waals surface area contributed by atoms with Crippen LogP contribution in [0.2, 0.25) is 0 Å². The molecule has 1 aromatic heterocycles. The molecule has 2 atom stereocenters. The predicted octanol–water partition coefficient (Wildman–Crippen LogP) is 1.95. The predicted molar refractivity (Wildman–Crippen MR) is 98.5 cm³/mol. The zero-order valence-electron chi connectivity index (χ0n) is 15.3. The number of nitrogens with two attached hydrogens (primary N) is 1. The van der Waals surface area contributed by atoms with E-state index in [9.17, 15) is 9.59 Å². The molecule has 27 heavy (non-hydrogen) atoms. The molecule has 0 unspecified atom stereocenters. The lowest BCUT2D eigenvalue weighted by molar-refractivity contribution is -0.121. The summed E-state index contributed by atoms with van der Waals surface area (Å²) in [4.78, 5) is 29.6. The Kier molecular flexibility index (Phi) is 4.25. The molecule has 2 aromatic rings. The van der Waals surface area contributed by atoms with Crippen LogP contribution in [0.15, 0.2) is 24.4 Å². The summed E-state index contributed by atoms with van der Waals surface area (Å²) in [6.45, 7) is 5.27. The molecule has 2 aliphatic heterocycles. The molecule has 3 heterocycles. The number of carbonyl (C=O) groups is 2. The van der Waals surface area contributed by atoms with E-state index in [2.05, 4.69) is 4.98 Å². The molecular formula is C19H22N4O4. The van der Waals surface area contributed by atoms with Gasteiger partial charge in [0.1, 0.15) is 24.3 Å². The van der Waals surface area contributed by atoms with Crippen molar-refractivity contribution in [3.8, 4) is 17.1 Å². The molecule has 8 heteroatoms. The summed E-state index contributed by atoms with van der Waals surface area (Å²) >= 11 is 0. The van der Waals surface area contributed by atoms with Crippen molar-refractivity contribution in [2.24, 2.45) is 11.7 Å². The minimum atomic E-state index is -0.372.